The van der Waals surface area contributed by atoms with Gasteiger partial charge in [-0.25, -0.2) is 9.78 Å². The molecule has 4 unspecified atom stereocenters. The van der Waals surface area contributed by atoms with Gasteiger partial charge >= 0.3 is 17.9 Å². The molecular weight excluding hydrogens is 500 g/mol. The van der Waals surface area contributed by atoms with Crippen molar-refractivity contribution >= 4 is 47.4 Å². The van der Waals surface area contributed by atoms with Crippen LogP contribution in [0.3, 0.4) is 0 Å². The van der Waals surface area contributed by atoms with Crippen LogP contribution in [0.1, 0.15) is 31.4 Å². The Hall–Kier alpha value is -3.66. The zero-order valence-electron chi connectivity index (χ0n) is 19.4. The lowest BCUT2D eigenvalue weighted by Gasteiger charge is -2.25. The third-order valence-electron chi connectivity index (χ3n) is 4.85. The van der Waals surface area contributed by atoms with Crippen LogP contribution in [-0.2, 0) is 35.2 Å². The number of rotatable bonds is 17. The molecule has 1 aromatic heterocycles. The van der Waals surface area contributed by atoms with Crippen LogP contribution in [0.5, 0.6) is 0 Å². The lowest BCUT2D eigenvalue weighted by Crippen LogP contribution is -2.57. The number of nitrogens with zero attached hydrogens (tertiary/aromatic N) is 1. The summed E-state index contributed by atoms with van der Waals surface area (Å²) in [5.74, 6) is -6.10. The van der Waals surface area contributed by atoms with E-state index in [0.717, 1.165) is 0 Å². The molecule has 36 heavy (non-hydrogen) atoms. The molecule has 16 heteroatoms. The number of thioether (sulfide) groups is 1. The number of carboxylic acid groups (broad SMARTS) is 3. The van der Waals surface area contributed by atoms with Crippen LogP contribution in [0.4, 0.5) is 0 Å². The number of H-pyrrole nitrogens is 1. The first-order valence-electron chi connectivity index (χ1n) is 10.7. The summed E-state index contributed by atoms with van der Waals surface area (Å²) in [7, 11) is 0. The Bertz CT molecular complexity index is 927. The van der Waals surface area contributed by atoms with E-state index in [2.05, 4.69) is 25.9 Å². The van der Waals surface area contributed by atoms with Gasteiger partial charge in [0.15, 0.2) is 0 Å². The van der Waals surface area contributed by atoms with Gasteiger partial charge in [0.25, 0.3) is 0 Å². The first-order valence-corrected chi connectivity index (χ1v) is 12.1. The second-order valence-corrected chi connectivity index (χ2v) is 8.71. The van der Waals surface area contributed by atoms with E-state index < -0.39 is 72.6 Å². The molecule has 4 atom stereocenters. The zero-order chi connectivity index (χ0) is 27.3. The molecule has 0 aromatic carbocycles. The number of aromatic nitrogens is 2. The summed E-state index contributed by atoms with van der Waals surface area (Å²) in [6.07, 6.45) is 2.97. The summed E-state index contributed by atoms with van der Waals surface area (Å²) in [5.41, 5.74) is 6.00. The van der Waals surface area contributed by atoms with Crippen molar-refractivity contribution in [2.45, 2.75) is 56.3 Å². The van der Waals surface area contributed by atoms with Crippen molar-refractivity contribution in [1.29, 1.82) is 0 Å². The van der Waals surface area contributed by atoms with Gasteiger partial charge < -0.3 is 42.0 Å². The molecule has 0 aliphatic carbocycles. The minimum Gasteiger partial charge on any atom is -0.481 e. The van der Waals surface area contributed by atoms with Crippen molar-refractivity contribution < 1.29 is 44.1 Å². The van der Waals surface area contributed by atoms with Crippen molar-refractivity contribution in [1.82, 2.24) is 25.9 Å². The fourth-order valence-corrected chi connectivity index (χ4v) is 3.43. The number of nitrogens with two attached hydrogens (primary N) is 1. The summed E-state index contributed by atoms with van der Waals surface area (Å²) in [4.78, 5) is 77.9. The van der Waals surface area contributed by atoms with E-state index in [0.29, 0.717) is 11.4 Å². The number of amides is 3. The highest BCUT2D eigenvalue weighted by atomic mass is 32.2. The van der Waals surface area contributed by atoms with E-state index in [1.807, 2.05) is 0 Å². The normalized spacial score (nSPS) is 14.1. The van der Waals surface area contributed by atoms with Crippen LogP contribution in [0, 0.1) is 0 Å². The van der Waals surface area contributed by atoms with Crippen molar-refractivity contribution in [3.05, 3.63) is 18.2 Å². The van der Waals surface area contributed by atoms with Gasteiger partial charge in [-0.3, -0.25) is 24.0 Å². The maximum atomic E-state index is 13.0. The molecule has 0 saturated carbocycles. The van der Waals surface area contributed by atoms with Crippen LogP contribution < -0.4 is 21.7 Å². The van der Waals surface area contributed by atoms with Gasteiger partial charge in [0, 0.05) is 24.7 Å². The average Bonchev–Trinajstić information content (AvgIpc) is 3.30. The molecule has 15 nitrogen and oxygen atoms in total. The molecular formula is C20H30N6O9S. The van der Waals surface area contributed by atoms with Crippen molar-refractivity contribution in [2.75, 3.05) is 12.0 Å². The van der Waals surface area contributed by atoms with E-state index >= 15 is 0 Å². The lowest BCUT2D eigenvalue weighted by molar-refractivity contribution is -0.143. The second kappa shape index (κ2) is 15.4. The summed E-state index contributed by atoms with van der Waals surface area (Å²) in [6.45, 7) is 0. The number of nitrogens with one attached hydrogen (secondary N) is 4. The van der Waals surface area contributed by atoms with Crippen LogP contribution >= 0.6 is 11.8 Å². The molecule has 0 spiro atoms. The van der Waals surface area contributed by atoms with Gasteiger partial charge in [-0.2, -0.15) is 11.8 Å². The maximum absolute atomic E-state index is 13.0. The molecule has 1 rings (SSSR count). The highest BCUT2D eigenvalue weighted by Crippen LogP contribution is 2.06. The van der Waals surface area contributed by atoms with Crippen molar-refractivity contribution in [2.24, 2.45) is 5.73 Å². The Morgan fingerprint density at radius 1 is 0.944 bits per heavy atom. The third-order valence-corrected chi connectivity index (χ3v) is 5.49. The summed E-state index contributed by atoms with van der Waals surface area (Å²) in [5, 5.41) is 34.1. The fourth-order valence-electron chi connectivity index (χ4n) is 2.96. The van der Waals surface area contributed by atoms with E-state index in [1.54, 1.807) is 6.26 Å². The zero-order valence-corrected chi connectivity index (χ0v) is 20.2. The molecule has 0 fully saturated rings. The lowest BCUT2D eigenvalue weighted by atomic mass is 10.1. The minimum atomic E-state index is -1.52. The monoisotopic (exact) mass is 530 g/mol. The number of carbonyl (C=O) groups excluding carboxylic acids is 3. The van der Waals surface area contributed by atoms with Crippen molar-refractivity contribution in [3.8, 4) is 0 Å². The molecule has 0 saturated heterocycles. The van der Waals surface area contributed by atoms with Gasteiger partial charge in [0.1, 0.15) is 18.1 Å². The Balaban J connectivity index is 3.04. The molecule has 9 N–H and O–H groups in total. The number of hydrogen-bond acceptors (Lipinski definition) is 9. The first kappa shape index (κ1) is 30.4. The third kappa shape index (κ3) is 11.2. The fraction of sp³-hybridized carbons (Fsp3) is 0.550. The molecule has 200 valence electrons. The highest BCUT2D eigenvalue weighted by molar-refractivity contribution is 7.98. The van der Waals surface area contributed by atoms with Gasteiger partial charge in [0.2, 0.25) is 17.7 Å². The van der Waals surface area contributed by atoms with E-state index in [-0.39, 0.29) is 19.3 Å². The molecule has 3 amide bonds. The van der Waals surface area contributed by atoms with Crippen molar-refractivity contribution in [3.63, 3.8) is 0 Å². The predicted octanol–water partition coefficient (Wildman–Crippen LogP) is -2.09. The SMILES string of the molecule is CSCCC(NC(=O)C(N)CC(=O)O)C(=O)NC(Cc1cnc[nH]1)C(=O)NC(CCC(=O)O)C(=O)O. The summed E-state index contributed by atoms with van der Waals surface area (Å²) >= 11 is 1.38. The molecule has 0 aliphatic heterocycles. The number of carbonyl (C=O) groups is 6. The number of carboxylic acids is 3. The van der Waals surface area contributed by atoms with Gasteiger partial charge in [0.05, 0.1) is 18.8 Å². The molecule has 0 bridgehead atoms. The highest BCUT2D eigenvalue weighted by Gasteiger charge is 2.31. The van der Waals surface area contributed by atoms with Crippen LogP contribution in [0.15, 0.2) is 12.5 Å². The standard InChI is InChI=1S/C20H30N6O9S/c1-36-5-4-12(24-17(31)11(21)7-16(29)30)18(32)26-14(6-10-8-22-9-23-10)19(33)25-13(20(34)35)2-3-15(27)28/h8-9,11-14H,2-7,21H2,1H3,(H,22,23)(H,24,31)(H,25,33)(H,26,32)(H,27,28)(H,29,30)(H,34,35). The number of aliphatic carboxylic acids is 3. The average molecular weight is 531 g/mol. The van der Waals surface area contributed by atoms with E-state index in [9.17, 15) is 33.9 Å². The number of aromatic amines is 1. The smallest absolute Gasteiger partial charge is 0.326 e. The Kier molecular flexibility index (Phi) is 13.0. The first-order chi connectivity index (χ1) is 16.9. The molecule has 0 aliphatic rings. The number of hydrogen-bond donors (Lipinski definition) is 8. The summed E-state index contributed by atoms with van der Waals surface area (Å²) < 4.78 is 0. The van der Waals surface area contributed by atoms with Gasteiger partial charge in [-0.15, -0.1) is 0 Å². The van der Waals surface area contributed by atoms with Crippen LogP contribution in [0.2, 0.25) is 0 Å². The Morgan fingerprint density at radius 2 is 1.56 bits per heavy atom. The molecule has 1 heterocycles. The minimum absolute atomic E-state index is 0.120. The predicted molar refractivity (Wildman–Crippen MR) is 126 cm³/mol. The Morgan fingerprint density at radius 3 is 2.08 bits per heavy atom. The van der Waals surface area contributed by atoms with E-state index in [1.165, 1.54) is 24.3 Å². The Labute approximate surface area is 210 Å². The van der Waals surface area contributed by atoms with Gasteiger partial charge in [-0.1, -0.05) is 0 Å². The maximum Gasteiger partial charge on any atom is 0.326 e. The van der Waals surface area contributed by atoms with E-state index in [4.69, 9.17) is 15.9 Å². The topological polar surface area (TPSA) is 254 Å². The second-order valence-electron chi connectivity index (χ2n) is 7.72. The van der Waals surface area contributed by atoms with Crippen LogP contribution in [0.25, 0.3) is 0 Å². The number of imidazole rings is 1. The quantitative estimate of drug-likeness (QED) is 0.108. The van der Waals surface area contributed by atoms with Gasteiger partial charge in [-0.05, 0) is 24.9 Å². The van der Waals surface area contributed by atoms with Crippen LogP contribution in [-0.4, -0.2) is 97.1 Å². The largest absolute Gasteiger partial charge is 0.481 e. The summed E-state index contributed by atoms with van der Waals surface area (Å²) in [6, 6.07) is -5.40. The molecule has 1 aromatic rings. The molecule has 0 radical (unpaired) electrons.